The molecule has 1 fully saturated rings. The zero-order valence-electron chi connectivity index (χ0n) is 14.2. The SMILES string of the molecule is COc1ccc(/C=C/C(=O)NC(=S)N2CCN(C)CC2)cc1OC. The van der Waals surface area contributed by atoms with Crippen LogP contribution in [0, 0.1) is 0 Å². The van der Waals surface area contributed by atoms with Crippen LogP contribution in [0.5, 0.6) is 11.5 Å². The Kier molecular flexibility index (Phi) is 6.57. The highest BCUT2D eigenvalue weighted by atomic mass is 32.1. The smallest absolute Gasteiger partial charge is 0.250 e. The molecule has 1 aliphatic rings. The lowest BCUT2D eigenvalue weighted by atomic mass is 10.2. The van der Waals surface area contributed by atoms with Gasteiger partial charge in [-0.3, -0.25) is 10.1 Å². The molecule has 1 aromatic carbocycles. The molecule has 1 saturated heterocycles. The Labute approximate surface area is 148 Å². The van der Waals surface area contributed by atoms with E-state index in [1.165, 1.54) is 6.08 Å². The monoisotopic (exact) mass is 349 g/mol. The van der Waals surface area contributed by atoms with Crippen LogP contribution >= 0.6 is 12.2 Å². The van der Waals surface area contributed by atoms with E-state index in [1.807, 2.05) is 11.0 Å². The number of ether oxygens (including phenoxy) is 2. The van der Waals surface area contributed by atoms with Crippen LogP contribution in [0.25, 0.3) is 6.08 Å². The Bertz CT molecular complexity index is 626. The lowest BCUT2D eigenvalue weighted by Crippen LogP contribution is -2.51. The number of thiocarbonyl (C=S) groups is 1. The van der Waals surface area contributed by atoms with Gasteiger partial charge >= 0.3 is 0 Å². The van der Waals surface area contributed by atoms with E-state index in [0.717, 1.165) is 31.7 Å². The summed E-state index contributed by atoms with van der Waals surface area (Å²) in [6.07, 6.45) is 3.17. The third-order valence-electron chi connectivity index (χ3n) is 3.86. The van der Waals surface area contributed by atoms with E-state index >= 15 is 0 Å². The normalized spacial score (nSPS) is 15.4. The van der Waals surface area contributed by atoms with Crippen LogP contribution in [-0.2, 0) is 4.79 Å². The first kappa shape index (κ1) is 18.2. The molecule has 0 saturated carbocycles. The van der Waals surface area contributed by atoms with Crippen molar-refractivity contribution < 1.29 is 14.3 Å². The summed E-state index contributed by atoms with van der Waals surface area (Å²) in [7, 11) is 5.23. The summed E-state index contributed by atoms with van der Waals surface area (Å²) in [5.74, 6) is 1.03. The summed E-state index contributed by atoms with van der Waals surface area (Å²) >= 11 is 5.30. The first-order valence-corrected chi connectivity index (χ1v) is 8.13. The Balaban J connectivity index is 1.92. The quantitative estimate of drug-likeness (QED) is 0.654. The van der Waals surface area contributed by atoms with Crippen LogP contribution in [0.4, 0.5) is 0 Å². The maximum Gasteiger partial charge on any atom is 0.250 e. The summed E-state index contributed by atoms with van der Waals surface area (Å²) in [4.78, 5) is 16.3. The number of carbonyl (C=O) groups is 1. The van der Waals surface area contributed by atoms with Crippen LogP contribution in [0.2, 0.25) is 0 Å². The Hall–Kier alpha value is -2.12. The van der Waals surface area contributed by atoms with Crippen molar-refractivity contribution in [2.75, 3.05) is 47.4 Å². The highest BCUT2D eigenvalue weighted by Crippen LogP contribution is 2.27. The van der Waals surface area contributed by atoms with E-state index < -0.39 is 0 Å². The van der Waals surface area contributed by atoms with Crippen molar-refractivity contribution in [2.24, 2.45) is 0 Å². The van der Waals surface area contributed by atoms with Crippen LogP contribution < -0.4 is 14.8 Å². The number of nitrogens with zero attached hydrogens (tertiary/aromatic N) is 2. The second-order valence-electron chi connectivity index (χ2n) is 5.53. The highest BCUT2D eigenvalue weighted by molar-refractivity contribution is 7.80. The fourth-order valence-corrected chi connectivity index (χ4v) is 2.65. The van der Waals surface area contributed by atoms with Crippen molar-refractivity contribution in [3.8, 4) is 11.5 Å². The standard InChI is InChI=1S/C17H23N3O3S/c1-19-8-10-20(11-9-19)17(24)18-16(21)7-5-13-4-6-14(22-2)15(12-13)23-3/h4-7,12H,8-11H2,1-3H3,(H,18,21,24)/b7-5+. The van der Waals surface area contributed by atoms with Crippen molar-refractivity contribution in [3.63, 3.8) is 0 Å². The summed E-state index contributed by atoms with van der Waals surface area (Å²) in [5, 5.41) is 3.22. The first-order chi connectivity index (χ1) is 11.5. The lowest BCUT2D eigenvalue weighted by Gasteiger charge is -2.33. The molecular weight excluding hydrogens is 326 g/mol. The number of amides is 1. The third-order valence-corrected chi connectivity index (χ3v) is 4.22. The van der Waals surface area contributed by atoms with Gasteiger partial charge < -0.3 is 19.3 Å². The number of hydrogen-bond acceptors (Lipinski definition) is 5. The molecule has 6 nitrogen and oxygen atoms in total. The second-order valence-corrected chi connectivity index (χ2v) is 5.92. The lowest BCUT2D eigenvalue weighted by molar-refractivity contribution is -0.115. The molecule has 0 radical (unpaired) electrons. The molecule has 1 N–H and O–H groups in total. The van der Waals surface area contributed by atoms with E-state index in [0.29, 0.717) is 16.6 Å². The number of nitrogens with one attached hydrogen (secondary N) is 1. The number of carbonyl (C=O) groups excluding carboxylic acids is 1. The molecule has 2 rings (SSSR count). The maximum atomic E-state index is 12.0. The van der Waals surface area contributed by atoms with Crippen LogP contribution in [0.15, 0.2) is 24.3 Å². The minimum atomic E-state index is -0.242. The zero-order chi connectivity index (χ0) is 17.5. The predicted molar refractivity (Wildman–Crippen MR) is 98.4 cm³/mol. The van der Waals surface area contributed by atoms with Gasteiger partial charge in [-0.25, -0.2) is 0 Å². The van der Waals surface area contributed by atoms with E-state index in [4.69, 9.17) is 21.7 Å². The maximum absolute atomic E-state index is 12.0. The Morgan fingerprint density at radius 1 is 1.17 bits per heavy atom. The molecule has 130 valence electrons. The number of benzene rings is 1. The molecule has 1 aliphatic heterocycles. The largest absolute Gasteiger partial charge is 0.493 e. The zero-order valence-corrected chi connectivity index (χ0v) is 15.1. The van der Waals surface area contributed by atoms with Gasteiger partial charge in [-0.05, 0) is 43.0 Å². The molecule has 24 heavy (non-hydrogen) atoms. The molecule has 0 bridgehead atoms. The highest BCUT2D eigenvalue weighted by Gasteiger charge is 2.17. The number of likely N-dealkylation sites (N-methyl/N-ethyl adjacent to an activating group) is 1. The average Bonchev–Trinajstić information content (AvgIpc) is 2.60. The van der Waals surface area contributed by atoms with Crippen LogP contribution in [0.1, 0.15) is 5.56 Å². The molecule has 1 aromatic rings. The van der Waals surface area contributed by atoms with E-state index in [-0.39, 0.29) is 5.91 Å². The van der Waals surface area contributed by atoms with Crippen molar-refractivity contribution in [1.29, 1.82) is 0 Å². The summed E-state index contributed by atoms with van der Waals surface area (Å²) in [6, 6.07) is 5.45. The third kappa shape index (κ3) is 4.94. The van der Waals surface area contributed by atoms with Gasteiger partial charge in [0, 0.05) is 32.3 Å². The van der Waals surface area contributed by atoms with Gasteiger partial charge in [0.15, 0.2) is 16.6 Å². The van der Waals surface area contributed by atoms with Gasteiger partial charge in [-0.1, -0.05) is 6.07 Å². The molecule has 0 spiro atoms. The fourth-order valence-electron chi connectivity index (χ4n) is 2.36. The second kappa shape index (κ2) is 8.65. The van der Waals surface area contributed by atoms with Crippen LogP contribution in [-0.4, -0.2) is 68.3 Å². The molecule has 0 aliphatic carbocycles. The minimum absolute atomic E-state index is 0.242. The van der Waals surface area contributed by atoms with Crippen LogP contribution in [0.3, 0.4) is 0 Å². The topological polar surface area (TPSA) is 54.0 Å². The number of rotatable bonds is 4. The fraction of sp³-hybridized carbons (Fsp3) is 0.412. The number of piperazine rings is 1. The molecule has 1 heterocycles. The number of hydrogen-bond donors (Lipinski definition) is 1. The number of methoxy groups -OCH3 is 2. The van der Waals surface area contributed by atoms with Crippen molar-refractivity contribution in [2.45, 2.75) is 0 Å². The van der Waals surface area contributed by atoms with Gasteiger partial charge in [0.25, 0.3) is 0 Å². The molecule has 1 amide bonds. The molecule has 0 atom stereocenters. The summed E-state index contributed by atoms with van der Waals surface area (Å²) in [6.45, 7) is 3.54. The van der Waals surface area contributed by atoms with Crippen molar-refractivity contribution >= 4 is 29.3 Å². The molecule has 0 unspecified atom stereocenters. The Morgan fingerprint density at radius 2 is 1.83 bits per heavy atom. The Morgan fingerprint density at radius 3 is 2.46 bits per heavy atom. The van der Waals surface area contributed by atoms with Crippen molar-refractivity contribution in [3.05, 3.63) is 29.8 Å². The van der Waals surface area contributed by atoms with Gasteiger partial charge in [0.1, 0.15) is 0 Å². The van der Waals surface area contributed by atoms with E-state index in [1.54, 1.807) is 32.4 Å². The average molecular weight is 349 g/mol. The van der Waals surface area contributed by atoms with E-state index in [9.17, 15) is 4.79 Å². The van der Waals surface area contributed by atoms with Gasteiger partial charge in [0.05, 0.1) is 14.2 Å². The summed E-state index contributed by atoms with van der Waals surface area (Å²) < 4.78 is 10.4. The molecular formula is C17H23N3O3S. The predicted octanol–water partition coefficient (Wildman–Crippen LogP) is 1.37. The van der Waals surface area contributed by atoms with E-state index in [2.05, 4.69) is 17.3 Å². The van der Waals surface area contributed by atoms with Crippen molar-refractivity contribution in [1.82, 2.24) is 15.1 Å². The minimum Gasteiger partial charge on any atom is -0.493 e. The van der Waals surface area contributed by atoms with Gasteiger partial charge in [-0.2, -0.15) is 0 Å². The van der Waals surface area contributed by atoms with Gasteiger partial charge in [0.2, 0.25) is 5.91 Å². The van der Waals surface area contributed by atoms with Gasteiger partial charge in [-0.15, -0.1) is 0 Å². The molecule has 0 aromatic heterocycles. The first-order valence-electron chi connectivity index (χ1n) is 7.72. The summed E-state index contributed by atoms with van der Waals surface area (Å²) in [5.41, 5.74) is 0.841. The molecule has 7 heteroatoms.